The zero-order valence-corrected chi connectivity index (χ0v) is 12.5. The Morgan fingerprint density at radius 3 is 2.95 bits per heavy atom. The molecule has 3 rings (SSSR count). The first-order chi connectivity index (χ1) is 10.3. The lowest BCUT2D eigenvalue weighted by Crippen LogP contribution is -2.32. The predicted molar refractivity (Wildman–Crippen MR) is 81.7 cm³/mol. The first kappa shape index (κ1) is 14.2. The van der Waals surface area contributed by atoms with E-state index in [0.717, 1.165) is 18.7 Å². The Hall–Kier alpha value is -1.72. The van der Waals surface area contributed by atoms with Gasteiger partial charge in [-0.3, -0.25) is 4.90 Å². The van der Waals surface area contributed by atoms with Crippen molar-refractivity contribution in [1.82, 2.24) is 20.4 Å². The Balaban J connectivity index is 1.64. The van der Waals surface area contributed by atoms with Gasteiger partial charge in [-0.25, -0.2) is 0 Å². The molecule has 0 aliphatic carbocycles. The van der Waals surface area contributed by atoms with Crippen molar-refractivity contribution in [3.63, 3.8) is 0 Å². The van der Waals surface area contributed by atoms with Crippen LogP contribution in [0.3, 0.4) is 0 Å². The summed E-state index contributed by atoms with van der Waals surface area (Å²) in [6.45, 7) is 2.93. The smallest absolute Gasteiger partial charge is 0.241 e. The molecule has 1 atom stereocenters. The molecule has 5 nitrogen and oxygen atoms in total. The molecular weight excluding hydrogens is 264 g/mol. The third-order valence-electron chi connectivity index (χ3n) is 4.05. The Bertz CT molecular complexity index is 546. The summed E-state index contributed by atoms with van der Waals surface area (Å²) >= 11 is 0. The van der Waals surface area contributed by atoms with Gasteiger partial charge in [-0.15, -0.1) is 0 Å². The van der Waals surface area contributed by atoms with E-state index in [1.54, 1.807) is 0 Å². The van der Waals surface area contributed by atoms with Crippen molar-refractivity contribution in [2.75, 3.05) is 20.1 Å². The summed E-state index contributed by atoms with van der Waals surface area (Å²) in [4.78, 5) is 6.83. The lowest BCUT2D eigenvalue weighted by atomic mass is 10.1. The minimum atomic E-state index is 0.590. The monoisotopic (exact) mass is 286 g/mol. The molecule has 5 heteroatoms. The highest BCUT2D eigenvalue weighted by Gasteiger charge is 2.19. The first-order valence-electron chi connectivity index (χ1n) is 7.62. The molecule has 0 bridgehead atoms. The highest BCUT2D eigenvalue weighted by atomic mass is 16.5. The van der Waals surface area contributed by atoms with Gasteiger partial charge in [0.2, 0.25) is 11.7 Å². The second-order valence-corrected chi connectivity index (χ2v) is 5.63. The lowest BCUT2D eigenvalue weighted by Gasteiger charge is -2.25. The van der Waals surface area contributed by atoms with Crippen molar-refractivity contribution in [3.05, 3.63) is 36.2 Å². The fourth-order valence-electron chi connectivity index (χ4n) is 2.81. The van der Waals surface area contributed by atoms with Crippen molar-refractivity contribution >= 4 is 0 Å². The zero-order valence-electron chi connectivity index (χ0n) is 12.5. The van der Waals surface area contributed by atoms with Gasteiger partial charge < -0.3 is 9.84 Å². The molecule has 2 heterocycles. The fraction of sp³-hybridized carbons (Fsp3) is 0.500. The van der Waals surface area contributed by atoms with Crippen molar-refractivity contribution < 1.29 is 4.52 Å². The van der Waals surface area contributed by atoms with Gasteiger partial charge in [0.05, 0.1) is 6.54 Å². The average molecular weight is 286 g/mol. The van der Waals surface area contributed by atoms with Gasteiger partial charge in [0.25, 0.3) is 0 Å². The SMILES string of the molecule is CN(Cc1nc(-c2ccccc2)no1)C1CCCNCC1. The van der Waals surface area contributed by atoms with Crippen molar-refractivity contribution in [1.29, 1.82) is 0 Å². The minimum absolute atomic E-state index is 0.590. The summed E-state index contributed by atoms with van der Waals surface area (Å²) in [6.07, 6.45) is 3.63. The summed E-state index contributed by atoms with van der Waals surface area (Å²) in [7, 11) is 2.14. The van der Waals surface area contributed by atoms with Crippen LogP contribution in [0.25, 0.3) is 11.4 Å². The van der Waals surface area contributed by atoms with E-state index in [1.807, 2.05) is 30.3 Å². The van der Waals surface area contributed by atoms with E-state index in [2.05, 4.69) is 27.4 Å². The highest BCUT2D eigenvalue weighted by Crippen LogP contribution is 2.17. The van der Waals surface area contributed by atoms with E-state index in [1.165, 1.54) is 19.3 Å². The lowest BCUT2D eigenvalue weighted by molar-refractivity contribution is 0.190. The average Bonchev–Trinajstić information content (AvgIpc) is 2.81. The molecule has 1 saturated heterocycles. The molecule has 112 valence electrons. The molecule has 21 heavy (non-hydrogen) atoms. The van der Waals surface area contributed by atoms with Gasteiger partial charge in [0.15, 0.2) is 0 Å². The normalized spacial score (nSPS) is 19.6. The molecule has 0 radical (unpaired) electrons. The third kappa shape index (κ3) is 3.68. The molecule has 0 amide bonds. The van der Waals surface area contributed by atoms with Crippen LogP contribution in [-0.2, 0) is 6.54 Å². The number of rotatable bonds is 4. The number of hydrogen-bond donors (Lipinski definition) is 1. The van der Waals surface area contributed by atoms with Gasteiger partial charge in [-0.05, 0) is 39.4 Å². The van der Waals surface area contributed by atoms with Gasteiger partial charge in [-0.2, -0.15) is 4.98 Å². The second-order valence-electron chi connectivity index (χ2n) is 5.63. The highest BCUT2D eigenvalue weighted by molar-refractivity contribution is 5.53. The molecular formula is C16H22N4O. The summed E-state index contributed by atoms with van der Waals surface area (Å²) in [6, 6.07) is 10.5. The Morgan fingerprint density at radius 1 is 1.24 bits per heavy atom. The first-order valence-corrected chi connectivity index (χ1v) is 7.62. The molecule has 1 fully saturated rings. The Labute approximate surface area is 125 Å². The van der Waals surface area contributed by atoms with Crippen LogP contribution in [0.2, 0.25) is 0 Å². The van der Waals surface area contributed by atoms with Crippen LogP contribution in [-0.4, -0.2) is 41.2 Å². The fourth-order valence-corrected chi connectivity index (χ4v) is 2.81. The van der Waals surface area contributed by atoms with Crippen LogP contribution in [0, 0.1) is 0 Å². The maximum absolute atomic E-state index is 5.39. The van der Waals surface area contributed by atoms with E-state index < -0.39 is 0 Å². The van der Waals surface area contributed by atoms with Crippen molar-refractivity contribution in [2.24, 2.45) is 0 Å². The molecule has 1 aromatic heterocycles. The van der Waals surface area contributed by atoms with Gasteiger partial charge >= 0.3 is 0 Å². The van der Waals surface area contributed by atoms with Crippen molar-refractivity contribution in [3.8, 4) is 11.4 Å². The van der Waals surface area contributed by atoms with E-state index in [9.17, 15) is 0 Å². The van der Waals surface area contributed by atoms with Gasteiger partial charge in [0, 0.05) is 11.6 Å². The summed E-state index contributed by atoms with van der Waals surface area (Å²) in [5, 5.41) is 7.52. The number of hydrogen-bond acceptors (Lipinski definition) is 5. The van der Waals surface area contributed by atoms with Crippen molar-refractivity contribution in [2.45, 2.75) is 31.8 Å². The molecule has 1 aliphatic heterocycles. The maximum atomic E-state index is 5.39. The third-order valence-corrected chi connectivity index (χ3v) is 4.05. The Morgan fingerprint density at radius 2 is 2.10 bits per heavy atom. The van der Waals surface area contributed by atoms with E-state index >= 15 is 0 Å². The van der Waals surface area contributed by atoms with Crippen LogP contribution in [0.4, 0.5) is 0 Å². The summed E-state index contributed by atoms with van der Waals surface area (Å²) in [5.41, 5.74) is 0.994. The molecule has 2 aromatic rings. The van der Waals surface area contributed by atoms with Crippen LogP contribution in [0.5, 0.6) is 0 Å². The number of aromatic nitrogens is 2. The van der Waals surface area contributed by atoms with Gasteiger partial charge in [0.1, 0.15) is 0 Å². The summed E-state index contributed by atoms with van der Waals surface area (Å²) < 4.78 is 5.39. The second kappa shape index (κ2) is 6.83. The standard InChI is InChI=1S/C16H22N4O/c1-20(14-8-5-10-17-11-9-14)12-15-18-16(19-21-15)13-6-3-2-4-7-13/h2-4,6-7,14,17H,5,8-12H2,1H3. The van der Waals surface area contributed by atoms with E-state index in [0.29, 0.717) is 24.3 Å². The van der Waals surface area contributed by atoms with Gasteiger partial charge in [-0.1, -0.05) is 35.5 Å². The minimum Gasteiger partial charge on any atom is -0.338 e. The van der Waals surface area contributed by atoms with E-state index in [-0.39, 0.29) is 0 Å². The Kier molecular flexibility index (Phi) is 4.62. The topological polar surface area (TPSA) is 54.2 Å². The quantitative estimate of drug-likeness (QED) is 0.934. The summed E-state index contributed by atoms with van der Waals surface area (Å²) in [5.74, 6) is 1.36. The largest absolute Gasteiger partial charge is 0.338 e. The van der Waals surface area contributed by atoms with Crippen LogP contribution >= 0.6 is 0 Å². The molecule has 1 aromatic carbocycles. The van der Waals surface area contributed by atoms with Crippen LogP contribution in [0.1, 0.15) is 25.2 Å². The zero-order chi connectivity index (χ0) is 14.5. The molecule has 1 N–H and O–H groups in total. The number of nitrogens with zero attached hydrogens (tertiary/aromatic N) is 3. The molecule has 1 unspecified atom stereocenters. The molecule has 1 aliphatic rings. The number of benzene rings is 1. The molecule has 0 saturated carbocycles. The maximum Gasteiger partial charge on any atom is 0.241 e. The van der Waals surface area contributed by atoms with E-state index in [4.69, 9.17) is 4.52 Å². The van der Waals surface area contributed by atoms with Crippen LogP contribution in [0.15, 0.2) is 34.9 Å². The predicted octanol–water partition coefficient (Wildman–Crippen LogP) is 2.31. The van der Waals surface area contributed by atoms with Crippen LogP contribution < -0.4 is 5.32 Å². The number of nitrogens with one attached hydrogen (secondary N) is 1. The molecule has 0 spiro atoms.